The average Bonchev–Trinajstić information content (AvgIpc) is 2.47. The fourth-order valence-corrected chi connectivity index (χ4v) is 5.88. The lowest BCUT2D eigenvalue weighted by Gasteiger charge is -2.43. The molecular formula is C15H33NO7P2. The van der Waals surface area contributed by atoms with Gasteiger partial charge < -0.3 is 30.0 Å². The van der Waals surface area contributed by atoms with Crippen LogP contribution in [0.1, 0.15) is 71.6 Å². The van der Waals surface area contributed by atoms with E-state index in [9.17, 15) is 33.8 Å². The van der Waals surface area contributed by atoms with Crippen molar-refractivity contribution >= 4 is 15.2 Å². The highest BCUT2D eigenvalue weighted by molar-refractivity contribution is 7.72. The van der Waals surface area contributed by atoms with Gasteiger partial charge in [-0.15, -0.1) is 0 Å². The molecule has 0 aliphatic heterocycles. The first-order valence-corrected chi connectivity index (χ1v) is 12.2. The highest BCUT2D eigenvalue weighted by Crippen LogP contribution is 2.68. The molecule has 0 spiro atoms. The topological polar surface area (TPSA) is 147 Å². The molecule has 0 radical (unpaired) electrons. The van der Waals surface area contributed by atoms with Crippen molar-refractivity contribution in [2.24, 2.45) is 5.92 Å². The van der Waals surface area contributed by atoms with Crippen LogP contribution in [0, 0.1) is 5.92 Å². The van der Waals surface area contributed by atoms with Gasteiger partial charge in [-0.2, -0.15) is 0 Å². The van der Waals surface area contributed by atoms with E-state index in [1.807, 2.05) is 0 Å². The minimum Gasteiger partial charge on any atom is -0.367 e. The first-order valence-electron chi connectivity index (χ1n) is 8.96. The van der Waals surface area contributed by atoms with Gasteiger partial charge in [-0.1, -0.05) is 39.0 Å². The zero-order chi connectivity index (χ0) is 19.4. The summed E-state index contributed by atoms with van der Waals surface area (Å²) < 4.78 is 22.9. The molecular weight excluding hydrogens is 368 g/mol. The predicted molar refractivity (Wildman–Crippen MR) is 96.2 cm³/mol. The fourth-order valence-electron chi connectivity index (χ4n) is 3.72. The zero-order valence-corrected chi connectivity index (χ0v) is 16.9. The van der Waals surface area contributed by atoms with Crippen LogP contribution in [0.15, 0.2) is 0 Å². The Morgan fingerprint density at radius 2 is 1.72 bits per heavy atom. The molecule has 0 aromatic rings. The summed E-state index contributed by atoms with van der Waals surface area (Å²) in [6, 6.07) is 0. The first-order chi connectivity index (χ1) is 11.4. The molecule has 8 nitrogen and oxygen atoms in total. The van der Waals surface area contributed by atoms with Crippen LogP contribution in [0.4, 0.5) is 0 Å². The molecule has 0 heterocycles. The molecule has 2 atom stereocenters. The van der Waals surface area contributed by atoms with Gasteiger partial charge in [0.25, 0.3) is 5.08 Å². The van der Waals surface area contributed by atoms with Crippen LogP contribution < -0.4 is 5.32 Å². The van der Waals surface area contributed by atoms with Crippen LogP contribution in [-0.4, -0.2) is 41.8 Å². The molecule has 10 heteroatoms. The number of unbranched alkanes of at least 4 members (excludes halogenated alkanes) is 2. The first kappa shape index (κ1) is 23.3. The van der Waals surface area contributed by atoms with Crippen LogP contribution in [0.2, 0.25) is 0 Å². The molecule has 0 bridgehead atoms. The van der Waals surface area contributed by atoms with Crippen molar-refractivity contribution in [1.29, 1.82) is 0 Å². The molecule has 1 fully saturated rings. The lowest BCUT2D eigenvalue weighted by atomic mass is 9.71. The maximum atomic E-state index is 11.4. The standard InChI is InChI=1S/C15H33NO7P2/c1-3-4-5-8-13-9-6-7-10-14(13,2)16-12-11-15(17,24(18,19)20)25(21,22)23/h13,16-17H,3-12H2,1-2H3,(H2,18,19,20)(H2,21,22,23). The van der Waals surface area contributed by atoms with Crippen molar-refractivity contribution < 1.29 is 33.8 Å². The number of rotatable bonds is 10. The monoisotopic (exact) mass is 401 g/mol. The molecule has 25 heavy (non-hydrogen) atoms. The SMILES string of the molecule is CCCCCC1CCCCC1(C)NCCC(O)(P(=O)(O)O)P(=O)(O)O. The van der Waals surface area contributed by atoms with E-state index in [2.05, 4.69) is 19.2 Å². The second-order valence-electron chi connectivity index (χ2n) is 7.40. The van der Waals surface area contributed by atoms with Gasteiger partial charge in [0.05, 0.1) is 0 Å². The lowest BCUT2D eigenvalue weighted by Crippen LogP contribution is -2.51. The Morgan fingerprint density at radius 1 is 1.12 bits per heavy atom. The van der Waals surface area contributed by atoms with E-state index in [1.54, 1.807) is 0 Å². The van der Waals surface area contributed by atoms with Crippen molar-refractivity contribution in [3.8, 4) is 0 Å². The number of nitrogens with one attached hydrogen (secondary N) is 1. The summed E-state index contributed by atoms with van der Waals surface area (Å²) in [5, 5.41) is 9.86. The molecule has 1 saturated carbocycles. The van der Waals surface area contributed by atoms with E-state index in [0.29, 0.717) is 5.92 Å². The van der Waals surface area contributed by atoms with Gasteiger partial charge in [-0.3, -0.25) is 9.13 Å². The van der Waals surface area contributed by atoms with E-state index in [1.165, 1.54) is 0 Å². The number of aliphatic hydroxyl groups is 1. The Morgan fingerprint density at radius 3 is 2.24 bits per heavy atom. The summed E-state index contributed by atoms with van der Waals surface area (Å²) in [6.45, 7) is 4.12. The number of hydrogen-bond donors (Lipinski definition) is 6. The molecule has 0 amide bonds. The molecule has 0 saturated heterocycles. The molecule has 1 aliphatic rings. The van der Waals surface area contributed by atoms with Gasteiger partial charge in [0.15, 0.2) is 0 Å². The van der Waals surface area contributed by atoms with Gasteiger partial charge in [0.1, 0.15) is 0 Å². The molecule has 150 valence electrons. The van der Waals surface area contributed by atoms with E-state index >= 15 is 0 Å². The average molecular weight is 401 g/mol. The van der Waals surface area contributed by atoms with Crippen molar-refractivity contribution in [3.63, 3.8) is 0 Å². The largest absolute Gasteiger partial charge is 0.369 e. The summed E-state index contributed by atoms with van der Waals surface area (Å²) >= 11 is 0. The highest BCUT2D eigenvalue weighted by atomic mass is 31.2. The summed E-state index contributed by atoms with van der Waals surface area (Å²) in [5.74, 6) is 0.408. The van der Waals surface area contributed by atoms with Crippen molar-refractivity contribution in [1.82, 2.24) is 5.32 Å². The van der Waals surface area contributed by atoms with Crippen LogP contribution in [0.3, 0.4) is 0 Å². The zero-order valence-electron chi connectivity index (χ0n) is 15.1. The fraction of sp³-hybridized carbons (Fsp3) is 1.00. The maximum absolute atomic E-state index is 11.4. The summed E-state index contributed by atoms with van der Waals surface area (Å²) in [7, 11) is -10.8. The van der Waals surface area contributed by atoms with E-state index < -0.39 is 26.7 Å². The minimum atomic E-state index is -5.39. The van der Waals surface area contributed by atoms with Crippen molar-refractivity contribution in [2.75, 3.05) is 6.54 Å². The quantitative estimate of drug-likeness (QED) is 0.242. The van der Waals surface area contributed by atoms with E-state index in [-0.39, 0.29) is 12.1 Å². The molecule has 0 aromatic heterocycles. The Bertz CT molecular complexity index is 496. The number of hydrogen-bond acceptors (Lipinski definition) is 4. The summed E-state index contributed by atoms with van der Waals surface area (Å²) in [4.78, 5) is 36.8. The third-order valence-corrected chi connectivity index (χ3v) is 9.35. The van der Waals surface area contributed by atoms with Crippen LogP contribution >= 0.6 is 15.2 Å². The minimum absolute atomic E-state index is 0.0759. The Hall–Kier alpha value is 0.220. The Balaban J connectivity index is 2.75. The highest BCUT2D eigenvalue weighted by Gasteiger charge is 2.59. The second-order valence-corrected chi connectivity index (χ2v) is 11.4. The maximum Gasteiger partial charge on any atom is 0.369 e. The third-order valence-electron chi connectivity index (χ3n) is 5.48. The van der Waals surface area contributed by atoms with Gasteiger partial charge in [0, 0.05) is 12.0 Å². The molecule has 1 aliphatic carbocycles. The third kappa shape index (κ3) is 5.85. The predicted octanol–water partition coefficient (Wildman–Crippen LogP) is 2.50. The Kier molecular flexibility index (Phi) is 8.32. The summed E-state index contributed by atoms with van der Waals surface area (Å²) in [6.07, 6.45) is 7.89. The summed E-state index contributed by atoms with van der Waals surface area (Å²) in [5.41, 5.74) is -0.253. The molecule has 2 unspecified atom stereocenters. The molecule has 6 N–H and O–H groups in total. The van der Waals surface area contributed by atoms with Gasteiger partial charge >= 0.3 is 15.2 Å². The van der Waals surface area contributed by atoms with E-state index in [4.69, 9.17) is 0 Å². The smallest absolute Gasteiger partial charge is 0.367 e. The van der Waals surface area contributed by atoms with E-state index in [0.717, 1.165) is 51.4 Å². The second kappa shape index (κ2) is 8.94. The van der Waals surface area contributed by atoms with Gasteiger partial charge in [0.2, 0.25) is 0 Å². The van der Waals surface area contributed by atoms with Crippen LogP contribution in [-0.2, 0) is 9.13 Å². The van der Waals surface area contributed by atoms with Gasteiger partial charge in [-0.05, 0) is 38.6 Å². The Labute approximate surface area is 149 Å². The van der Waals surface area contributed by atoms with Crippen molar-refractivity contribution in [2.45, 2.75) is 82.3 Å². The van der Waals surface area contributed by atoms with Gasteiger partial charge in [-0.25, -0.2) is 0 Å². The van der Waals surface area contributed by atoms with Crippen molar-refractivity contribution in [3.05, 3.63) is 0 Å². The van der Waals surface area contributed by atoms with Crippen LogP contribution in [0.5, 0.6) is 0 Å². The normalized spacial score (nSPS) is 26.0. The molecule has 0 aromatic carbocycles. The lowest BCUT2D eigenvalue weighted by molar-refractivity contribution is 0.107. The van der Waals surface area contributed by atoms with Crippen LogP contribution in [0.25, 0.3) is 0 Å². The molecule has 1 rings (SSSR count).